The van der Waals surface area contributed by atoms with Gasteiger partial charge in [-0.25, -0.2) is 0 Å². The average molecular weight is 372 g/mol. The van der Waals surface area contributed by atoms with Crippen LogP contribution in [0.3, 0.4) is 0 Å². The van der Waals surface area contributed by atoms with Crippen molar-refractivity contribution in [2.75, 3.05) is 14.2 Å². The Morgan fingerprint density at radius 1 is 0.714 bits per heavy atom. The molecule has 0 radical (unpaired) electrons. The van der Waals surface area contributed by atoms with Gasteiger partial charge in [0.15, 0.2) is 11.6 Å². The predicted octanol–water partition coefficient (Wildman–Crippen LogP) is 3.71. The topological polar surface area (TPSA) is 69.7 Å². The van der Waals surface area contributed by atoms with Crippen LogP contribution in [-0.2, 0) is 0 Å². The summed E-state index contributed by atoms with van der Waals surface area (Å²) in [5.74, 6) is -0.585. The molecule has 1 aliphatic rings. The average Bonchev–Trinajstić information content (AvgIpc) is 2.75. The fraction of sp³-hybridized carbons (Fsp3) is 0.0870. The number of ketones is 3. The number of methoxy groups -OCH3 is 2. The monoisotopic (exact) mass is 372 g/mol. The molecule has 5 heteroatoms. The van der Waals surface area contributed by atoms with Gasteiger partial charge >= 0.3 is 0 Å². The van der Waals surface area contributed by atoms with E-state index in [-0.39, 0.29) is 45.1 Å². The molecule has 1 aliphatic carbocycles. The molecule has 3 aromatic rings. The first-order chi connectivity index (χ1) is 13.6. The minimum Gasteiger partial charge on any atom is -0.496 e. The number of benzene rings is 3. The van der Waals surface area contributed by atoms with Crippen LogP contribution in [0.15, 0.2) is 60.7 Å². The summed E-state index contributed by atoms with van der Waals surface area (Å²) in [4.78, 5) is 39.3. The van der Waals surface area contributed by atoms with Crippen LogP contribution in [0.2, 0.25) is 0 Å². The van der Waals surface area contributed by atoms with Gasteiger partial charge in [0, 0.05) is 16.7 Å². The summed E-state index contributed by atoms with van der Waals surface area (Å²) >= 11 is 0. The lowest BCUT2D eigenvalue weighted by molar-refractivity contribution is 0.0972. The van der Waals surface area contributed by atoms with Crippen molar-refractivity contribution in [2.45, 2.75) is 0 Å². The van der Waals surface area contributed by atoms with Gasteiger partial charge in [-0.3, -0.25) is 14.4 Å². The van der Waals surface area contributed by atoms with Gasteiger partial charge in [-0.05, 0) is 18.2 Å². The van der Waals surface area contributed by atoms with Gasteiger partial charge in [0.2, 0.25) is 5.78 Å². The van der Waals surface area contributed by atoms with Crippen LogP contribution in [0.25, 0.3) is 0 Å². The molecule has 0 heterocycles. The Kier molecular flexibility index (Phi) is 4.28. The molecular weight excluding hydrogens is 356 g/mol. The van der Waals surface area contributed by atoms with E-state index in [4.69, 9.17) is 9.47 Å². The molecule has 0 saturated heterocycles. The Balaban J connectivity index is 1.95. The van der Waals surface area contributed by atoms with Crippen molar-refractivity contribution in [1.82, 2.24) is 0 Å². The summed E-state index contributed by atoms with van der Waals surface area (Å²) in [6.45, 7) is 0. The van der Waals surface area contributed by atoms with Crippen LogP contribution in [0, 0.1) is 0 Å². The van der Waals surface area contributed by atoms with Gasteiger partial charge in [0.25, 0.3) is 0 Å². The number of carbonyl (C=O) groups excluding carboxylic acids is 3. The second-order valence-electron chi connectivity index (χ2n) is 6.31. The fourth-order valence-corrected chi connectivity index (χ4v) is 3.53. The van der Waals surface area contributed by atoms with Gasteiger partial charge < -0.3 is 9.47 Å². The van der Waals surface area contributed by atoms with Crippen molar-refractivity contribution in [3.05, 3.63) is 94.0 Å². The Morgan fingerprint density at radius 2 is 1.43 bits per heavy atom. The lowest BCUT2D eigenvalue weighted by Crippen LogP contribution is -2.23. The molecule has 0 spiro atoms. The summed E-state index contributed by atoms with van der Waals surface area (Å²) in [5, 5.41) is 0. The number of hydrogen-bond acceptors (Lipinski definition) is 5. The van der Waals surface area contributed by atoms with Crippen molar-refractivity contribution in [1.29, 1.82) is 0 Å². The van der Waals surface area contributed by atoms with E-state index in [0.29, 0.717) is 11.3 Å². The van der Waals surface area contributed by atoms with Gasteiger partial charge in [-0.15, -0.1) is 0 Å². The Labute approximate surface area is 161 Å². The molecule has 0 aliphatic heterocycles. The highest BCUT2D eigenvalue weighted by Crippen LogP contribution is 2.39. The summed E-state index contributed by atoms with van der Waals surface area (Å²) in [6.07, 6.45) is 0. The quantitative estimate of drug-likeness (QED) is 0.511. The zero-order valence-corrected chi connectivity index (χ0v) is 15.3. The molecular formula is C23H16O5. The first-order valence-corrected chi connectivity index (χ1v) is 8.65. The van der Waals surface area contributed by atoms with Crippen molar-refractivity contribution in [3.63, 3.8) is 0 Å². The Morgan fingerprint density at radius 3 is 2.11 bits per heavy atom. The van der Waals surface area contributed by atoms with Crippen LogP contribution in [0.5, 0.6) is 11.5 Å². The largest absolute Gasteiger partial charge is 0.496 e. The van der Waals surface area contributed by atoms with Gasteiger partial charge in [0.05, 0.1) is 30.9 Å². The normalized spacial score (nSPS) is 12.2. The maximum atomic E-state index is 13.3. The van der Waals surface area contributed by atoms with E-state index in [2.05, 4.69) is 0 Å². The highest BCUT2D eigenvalue weighted by Gasteiger charge is 2.36. The molecule has 5 nitrogen and oxygen atoms in total. The molecule has 0 atom stereocenters. The summed E-state index contributed by atoms with van der Waals surface area (Å²) in [6, 6.07) is 16.6. The van der Waals surface area contributed by atoms with E-state index in [1.807, 2.05) is 6.07 Å². The van der Waals surface area contributed by atoms with Crippen molar-refractivity contribution >= 4 is 17.3 Å². The molecule has 0 fully saturated rings. The maximum absolute atomic E-state index is 13.3. The third-order valence-corrected chi connectivity index (χ3v) is 4.83. The zero-order valence-electron chi connectivity index (χ0n) is 15.3. The zero-order chi connectivity index (χ0) is 19.8. The molecule has 138 valence electrons. The van der Waals surface area contributed by atoms with E-state index in [0.717, 1.165) is 0 Å². The Hall–Kier alpha value is -3.73. The van der Waals surface area contributed by atoms with Crippen molar-refractivity contribution in [3.8, 4) is 11.5 Å². The SMILES string of the molecule is COc1cccc2c1C(=O)c1c(ccc(C(=O)c3ccccc3)c1OC)C2=O. The third-order valence-electron chi connectivity index (χ3n) is 4.83. The van der Waals surface area contributed by atoms with Crippen molar-refractivity contribution < 1.29 is 23.9 Å². The Bertz CT molecular complexity index is 1130. The van der Waals surface area contributed by atoms with E-state index >= 15 is 0 Å². The minimum atomic E-state index is -0.401. The molecule has 0 amide bonds. The summed E-state index contributed by atoms with van der Waals surface area (Å²) in [5.41, 5.74) is 1.46. The van der Waals surface area contributed by atoms with Crippen LogP contribution < -0.4 is 9.47 Å². The number of carbonyl (C=O) groups is 3. The second-order valence-corrected chi connectivity index (χ2v) is 6.31. The summed E-state index contributed by atoms with van der Waals surface area (Å²) in [7, 11) is 2.82. The molecule has 0 bridgehead atoms. The lowest BCUT2D eigenvalue weighted by Gasteiger charge is -2.22. The molecule has 0 N–H and O–H groups in total. The molecule has 3 aromatic carbocycles. The number of fused-ring (bicyclic) bond motifs is 2. The minimum absolute atomic E-state index is 0.0891. The van der Waals surface area contributed by atoms with E-state index < -0.39 is 5.78 Å². The molecule has 0 saturated carbocycles. The van der Waals surface area contributed by atoms with Crippen LogP contribution in [-0.4, -0.2) is 31.6 Å². The maximum Gasteiger partial charge on any atom is 0.202 e. The molecule has 0 aromatic heterocycles. The number of ether oxygens (including phenoxy) is 2. The van der Waals surface area contributed by atoms with Crippen LogP contribution in [0.1, 0.15) is 47.8 Å². The number of hydrogen-bond donors (Lipinski definition) is 0. The van der Waals surface area contributed by atoms with Crippen molar-refractivity contribution in [2.24, 2.45) is 0 Å². The first-order valence-electron chi connectivity index (χ1n) is 8.65. The van der Waals surface area contributed by atoms with Gasteiger partial charge in [-0.1, -0.05) is 42.5 Å². The van der Waals surface area contributed by atoms with Crippen LogP contribution in [0.4, 0.5) is 0 Å². The smallest absolute Gasteiger partial charge is 0.202 e. The third kappa shape index (κ3) is 2.52. The predicted molar refractivity (Wildman–Crippen MR) is 103 cm³/mol. The number of rotatable bonds is 4. The van der Waals surface area contributed by atoms with Crippen LogP contribution >= 0.6 is 0 Å². The van der Waals surface area contributed by atoms with E-state index in [1.54, 1.807) is 42.5 Å². The van der Waals surface area contributed by atoms with Gasteiger partial charge in [-0.2, -0.15) is 0 Å². The van der Waals surface area contributed by atoms with Gasteiger partial charge in [0.1, 0.15) is 11.5 Å². The fourth-order valence-electron chi connectivity index (χ4n) is 3.53. The standard InChI is InChI=1S/C23H16O5/c1-27-17-10-6-9-14-18(17)22(26)19-15(21(14)25)11-12-16(23(19)28-2)20(24)13-7-4-3-5-8-13/h3-12H,1-2H3. The first kappa shape index (κ1) is 17.7. The molecule has 0 unspecified atom stereocenters. The molecule has 4 rings (SSSR count). The van der Waals surface area contributed by atoms with E-state index in [1.165, 1.54) is 26.4 Å². The highest BCUT2D eigenvalue weighted by atomic mass is 16.5. The van der Waals surface area contributed by atoms with E-state index in [9.17, 15) is 14.4 Å². The molecule has 28 heavy (non-hydrogen) atoms. The lowest BCUT2D eigenvalue weighted by atomic mass is 9.81. The summed E-state index contributed by atoms with van der Waals surface area (Å²) < 4.78 is 10.7. The highest BCUT2D eigenvalue weighted by molar-refractivity contribution is 6.31. The second kappa shape index (κ2) is 6.78.